The molecule has 4 aromatic heterocycles. The van der Waals surface area contributed by atoms with Gasteiger partial charge in [-0.2, -0.15) is 10.5 Å². The van der Waals surface area contributed by atoms with Gasteiger partial charge in [-0.1, -0.05) is 42.5 Å². The summed E-state index contributed by atoms with van der Waals surface area (Å²) < 4.78 is 13.3. The van der Waals surface area contributed by atoms with Gasteiger partial charge in [-0.3, -0.25) is 0 Å². The Morgan fingerprint density at radius 2 is 1.14 bits per heavy atom. The zero-order valence-corrected chi connectivity index (χ0v) is 23.1. The maximum atomic E-state index is 9.72. The van der Waals surface area contributed by atoms with E-state index in [9.17, 15) is 10.5 Å². The molecular weight excluding hydrogens is 552 g/mol. The van der Waals surface area contributed by atoms with Crippen molar-refractivity contribution in [3.05, 3.63) is 109 Å². The van der Waals surface area contributed by atoms with E-state index in [4.69, 9.17) is 8.83 Å². The lowest BCUT2D eigenvalue weighted by molar-refractivity contribution is 0.668. The van der Waals surface area contributed by atoms with E-state index in [1.54, 1.807) is 0 Å². The summed E-state index contributed by atoms with van der Waals surface area (Å²) in [5.74, 6) is 0.00449. The number of aromatic nitrogens is 2. The molecule has 0 atom stereocenters. The number of furan rings is 2. The zero-order chi connectivity index (χ0) is 28.7. The normalized spacial score (nSPS) is 11.7. The van der Waals surface area contributed by atoms with Gasteiger partial charge in [-0.15, -0.1) is 11.3 Å². The number of nitrogens with zero attached hydrogens (tertiary/aromatic N) is 4. The molecule has 0 saturated heterocycles. The lowest BCUT2D eigenvalue weighted by Crippen LogP contribution is -1.92. The maximum absolute atomic E-state index is 9.72. The summed E-state index contributed by atoms with van der Waals surface area (Å²) in [4.78, 5) is 9.11. The molecular formula is C36H16N4O2S. The quantitative estimate of drug-likeness (QED) is 0.206. The Morgan fingerprint density at radius 1 is 0.535 bits per heavy atom. The third kappa shape index (κ3) is 3.50. The van der Waals surface area contributed by atoms with Gasteiger partial charge in [-0.25, -0.2) is 9.97 Å². The van der Waals surface area contributed by atoms with Crippen LogP contribution in [0.15, 0.2) is 106 Å². The average Bonchev–Trinajstić information content (AvgIpc) is 3.73. The SMILES string of the molecule is N#Cc1nc(C#N)c2c(n1)sc1ccc(-c3ccc4c(c3)oc3ccc(-c5ccc6oc7ccccc7c6c5)cc34)cc12. The summed E-state index contributed by atoms with van der Waals surface area (Å²) in [6, 6.07) is 37.2. The molecule has 6 nitrogen and oxygen atoms in total. The Kier molecular flexibility index (Phi) is 4.81. The van der Waals surface area contributed by atoms with E-state index in [2.05, 4.69) is 76.7 Å². The molecule has 0 fully saturated rings. The lowest BCUT2D eigenvalue weighted by atomic mass is 9.99. The van der Waals surface area contributed by atoms with Gasteiger partial charge in [0.15, 0.2) is 5.69 Å². The highest BCUT2D eigenvalue weighted by Crippen LogP contribution is 2.39. The summed E-state index contributed by atoms with van der Waals surface area (Å²) in [5.41, 5.74) is 7.83. The van der Waals surface area contributed by atoms with Gasteiger partial charge < -0.3 is 8.83 Å². The number of hydrogen-bond donors (Lipinski definition) is 0. The molecule has 0 radical (unpaired) electrons. The Hall–Kier alpha value is -6.02. The molecule has 43 heavy (non-hydrogen) atoms. The van der Waals surface area contributed by atoms with Crippen molar-refractivity contribution in [2.45, 2.75) is 0 Å². The van der Waals surface area contributed by atoms with E-state index in [-0.39, 0.29) is 11.5 Å². The summed E-state index contributed by atoms with van der Waals surface area (Å²) in [5, 5.41) is 24.9. The molecule has 7 heteroatoms. The molecule has 0 unspecified atom stereocenters. The van der Waals surface area contributed by atoms with Crippen LogP contribution >= 0.6 is 11.3 Å². The van der Waals surface area contributed by atoms with Crippen LogP contribution in [0.25, 0.3) is 86.4 Å². The first-order chi connectivity index (χ1) is 21.2. The van der Waals surface area contributed by atoms with Crippen LogP contribution < -0.4 is 0 Å². The first-order valence-corrected chi connectivity index (χ1v) is 14.4. The van der Waals surface area contributed by atoms with Crippen molar-refractivity contribution in [1.82, 2.24) is 9.97 Å². The minimum Gasteiger partial charge on any atom is -0.456 e. The summed E-state index contributed by atoms with van der Waals surface area (Å²) in [6.45, 7) is 0. The van der Waals surface area contributed by atoms with Gasteiger partial charge in [0.05, 0.1) is 5.39 Å². The van der Waals surface area contributed by atoms with Gasteiger partial charge in [0.2, 0.25) is 5.82 Å². The molecule has 0 N–H and O–H groups in total. The Morgan fingerprint density at radius 3 is 1.88 bits per heavy atom. The van der Waals surface area contributed by atoms with Crippen molar-refractivity contribution in [3.63, 3.8) is 0 Å². The Labute approximate surface area is 247 Å². The topological polar surface area (TPSA) is 99.6 Å². The molecule has 5 aromatic carbocycles. The van der Waals surface area contributed by atoms with Gasteiger partial charge in [0.1, 0.15) is 39.3 Å². The number of para-hydroxylation sites is 1. The van der Waals surface area contributed by atoms with Crippen molar-refractivity contribution in [2.24, 2.45) is 0 Å². The number of thiophene rings is 1. The molecule has 0 amide bonds. The second-order valence-corrected chi connectivity index (χ2v) is 11.5. The molecule has 4 heterocycles. The van der Waals surface area contributed by atoms with Crippen molar-refractivity contribution in [1.29, 1.82) is 10.5 Å². The van der Waals surface area contributed by atoms with E-state index in [0.717, 1.165) is 76.2 Å². The minimum absolute atomic E-state index is 0.00449. The minimum atomic E-state index is 0.00449. The summed E-state index contributed by atoms with van der Waals surface area (Å²) in [6.07, 6.45) is 0. The van der Waals surface area contributed by atoms with Gasteiger partial charge in [0, 0.05) is 31.6 Å². The van der Waals surface area contributed by atoms with Crippen molar-refractivity contribution < 1.29 is 8.83 Å². The highest BCUT2D eigenvalue weighted by atomic mass is 32.1. The largest absolute Gasteiger partial charge is 0.456 e. The molecule has 0 saturated carbocycles. The van der Waals surface area contributed by atoms with Crippen LogP contribution in [0, 0.1) is 22.7 Å². The summed E-state index contributed by atoms with van der Waals surface area (Å²) >= 11 is 1.45. The number of hydrogen-bond acceptors (Lipinski definition) is 7. The van der Waals surface area contributed by atoms with Crippen LogP contribution in [0.3, 0.4) is 0 Å². The molecule has 0 bridgehead atoms. The first-order valence-electron chi connectivity index (χ1n) is 13.6. The Bertz CT molecular complexity index is 2720. The fourth-order valence-corrected chi connectivity index (χ4v) is 7.08. The number of benzene rings is 5. The average molecular weight is 569 g/mol. The molecule has 9 aromatic rings. The predicted molar refractivity (Wildman–Crippen MR) is 170 cm³/mol. The molecule has 0 aliphatic carbocycles. The van der Waals surface area contributed by atoms with Crippen molar-refractivity contribution in [2.75, 3.05) is 0 Å². The fraction of sp³-hybridized carbons (Fsp3) is 0. The van der Waals surface area contributed by atoms with Gasteiger partial charge in [-0.05, 0) is 76.9 Å². The third-order valence-corrected chi connectivity index (χ3v) is 9.12. The first kappa shape index (κ1) is 23.7. The predicted octanol–water partition coefficient (Wildman–Crippen LogP) is 9.72. The van der Waals surface area contributed by atoms with Crippen molar-refractivity contribution in [3.8, 4) is 34.4 Å². The standard InChI is InChI=1S/C36H16N4O2S/c37-17-28-35-27-15-21(8-12-33(27)43-36(35)40-34(18-38)39-28)22-5-9-24-26-14-20(7-11-31(26)42-32(24)16-22)19-6-10-30-25(13-19)23-3-1-2-4-29(23)41-30/h1-16H. The lowest BCUT2D eigenvalue weighted by Gasteiger charge is -2.03. The third-order valence-electron chi connectivity index (χ3n) is 8.05. The number of nitriles is 2. The fourth-order valence-electron chi connectivity index (χ4n) is 6.03. The van der Waals surface area contributed by atoms with E-state index in [1.165, 1.54) is 11.3 Å². The number of rotatable bonds is 2. The van der Waals surface area contributed by atoms with Crippen LogP contribution in [0.1, 0.15) is 11.5 Å². The Balaban J connectivity index is 1.15. The summed E-state index contributed by atoms with van der Waals surface area (Å²) in [7, 11) is 0. The molecule has 0 spiro atoms. The van der Waals surface area contributed by atoms with E-state index in [1.807, 2.05) is 42.5 Å². The molecule has 0 aliphatic heterocycles. The van der Waals surface area contributed by atoms with Crippen molar-refractivity contribution >= 4 is 75.5 Å². The second kappa shape index (κ2) is 8.74. The maximum Gasteiger partial charge on any atom is 0.234 e. The highest BCUT2D eigenvalue weighted by molar-refractivity contribution is 7.25. The number of fused-ring (bicyclic) bond motifs is 9. The monoisotopic (exact) mass is 568 g/mol. The molecule has 0 aliphatic rings. The molecule has 9 rings (SSSR count). The van der Waals surface area contributed by atoms with Crippen LogP contribution in [0.2, 0.25) is 0 Å². The van der Waals surface area contributed by atoms with E-state index >= 15 is 0 Å². The van der Waals surface area contributed by atoms with Crippen LogP contribution in [-0.2, 0) is 0 Å². The van der Waals surface area contributed by atoms with Gasteiger partial charge >= 0.3 is 0 Å². The zero-order valence-electron chi connectivity index (χ0n) is 22.3. The molecule has 198 valence electrons. The smallest absolute Gasteiger partial charge is 0.234 e. The van der Waals surface area contributed by atoms with Gasteiger partial charge in [0.25, 0.3) is 0 Å². The second-order valence-electron chi connectivity index (χ2n) is 10.4. The van der Waals surface area contributed by atoms with E-state index in [0.29, 0.717) is 10.2 Å². The van der Waals surface area contributed by atoms with Crippen LogP contribution in [-0.4, -0.2) is 9.97 Å². The van der Waals surface area contributed by atoms with Crippen LogP contribution in [0.4, 0.5) is 0 Å². The highest BCUT2D eigenvalue weighted by Gasteiger charge is 2.16. The van der Waals surface area contributed by atoms with E-state index < -0.39 is 0 Å². The van der Waals surface area contributed by atoms with Crippen LogP contribution in [0.5, 0.6) is 0 Å².